The smallest absolute Gasteiger partial charge is 0.323 e. The predicted octanol–water partition coefficient (Wildman–Crippen LogP) is -0.290. The Kier molecular flexibility index (Phi) is 4.94. The van der Waals surface area contributed by atoms with E-state index in [1.807, 2.05) is 0 Å². The number of primary amides is 1. The molecule has 1 aliphatic heterocycles. The Hall–Kier alpha value is -1.79. The number of urea groups is 1. The summed E-state index contributed by atoms with van der Waals surface area (Å²) in [6, 6.07) is -0.534. The van der Waals surface area contributed by atoms with Gasteiger partial charge in [0.05, 0.1) is 5.92 Å². The van der Waals surface area contributed by atoms with Gasteiger partial charge in [0, 0.05) is 19.6 Å². The largest absolute Gasteiger partial charge is 0.480 e. The molecule has 3 N–H and O–H groups in total. The molecule has 0 aromatic heterocycles. The Morgan fingerprint density at radius 3 is 2.61 bits per heavy atom. The van der Waals surface area contributed by atoms with Crippen LogP contribution in [0.4, 0.5) is 4.79 Å². The Balaban J connectivity index is 2.64. The van der Waals surface area contributed by atoms with E-state index in [4.69, 9.17) is 10.8 Å². The summed E-state index contributed by atoms with van der Waals surface area (Å²) in [7, 11) is 0. The van der Waals surface area contributed by atoms with Crippen molar-refractivity contribution in [3.63, 3.8) is 0 Å². The van der Waals surface area contributed by atoms with Crippen LogP contribution in [0.2, 0.25) is 0 Å². The molecule has 3 amide bonds. The van der Waals surface area contributed by atoms with E-state index in [9.17, 15) is 14.4 Å². The number of likely N-dealkylation sites (N-methyl/N-ethyl adjacent to an activating group) is 1. The first-order valence-corrected chi connectivity index (χ1v) is 6.00. The number of nitrogens with two attached hydrogens (primary N) is 1. The van der Waals surface area contributed by atoms with Gasteiger partial charge >= 0.3 is 12.0 Å². The van der Waals surface area contributed by atoms with Gasteiger partial charge in [-0.25, -0.2) is 4.79 Å². The van der Waals surface area contributed by atoms with Crippen LogP contribution in [0.25, 0.3) is 0 Å². The molecule has 0 spiro atoms. The molecule has 1 unspecified atom stereocenters. The number of nitrogens with zero attached hydrogens (tertiary/aromatic N) is 2. The molecule has 7 nitrogen and oxygen atoms in total. The molecule has 0 aromatic rings. The highest BCUT2D eigenvalue weighted by atomic mass is 16.4. The fourth-order valence-corrected chi connectivity index (χ4v) is 2.15. The van der Waals surface area contributed by atoms with E-state index in [0.29, 0.717) is 25.9 Å². The minimum Gasteiger partial charge on any atom is -0.480 e. The van der Waals surface area contributed by atoms with Gasteiger partial charge in [-0.3, -0.25) is 9.59 Å². The lowest BCUT2D eigenvalue weighted by atomic mass is 9.96. The van der Waals surface area contributed by atoms with Crippen molar-refractivity contribution in [1.82, 2.24) is 9.80 Å². The van der Waals surface area contributed by atoms with Gasteiger partial charge in [-0.1, -0.05) is 0 Å². The van der Waals surface area contributed by atoms with Crippen LogP contribution in [-0.2, 0) is 9.59 Å². The lowest BCUT2D eigenvalue weighted by molar-refractivity contribution is -0.146. The first kappa shape index (κ1) is 14.3. The van der Waals surface area contributed by atoms with Gasteiger partial charge < -0.3 is 20.6 Å². The maximum absolute atomic E-state index is 12.1. The number of hydrogen-bond donors (Lipinski definition) is 2. The van der Waals surface area contributed by atoms with Gasteiger partial charge in [0.2, 0.25) is 5.91 Å². The van der Waals surface area contributed by atoms with E-state index in [-0.39, 0.29) is 24.9 Å². The topological polar surface area (TPSA) is 104 Å². The summed E-state index contributed by atoms with van der Waals surface area (Å²) in [4.78, 5) is 36.6. The number of carbonyl (C=O) groups is 3. The second-order valence-electron chi connectivity index (χ2n) is 4.37. The van der Waals surface area contributed by atoms with E-state index >= 15 is 0 Å². The summed E-state index contributed by atoms with van der Waals surface area (Å²) in [6.45, 7) is 2.62. The number of piperidine rings is 1. The lowest BCUT2D eigenvalue weighted by Crippen LogP contribution is -2.49. The zero-order valence-corrected chi connectivity index (χ0v) is 10.5. The maximum Gasteiger partial charge on any atom is 0.323 e. The van der Waals surface area contributed by atoms with Gasteiger partial charge in [-0.2, -0.15) is 0 Å². The summed E-state index contributed by atoms with van der Waals surface area (Å²) in [5.41, 5.74) is 5.19. The van der Waals surface area contributed by atoms with Crippen molar-refractivity contribution in [2.75, 3.05) is 26.2 Å². The Bertz CT molecular complexity index is 345. The van der Waals surface area contributed by atoms with Crippen LogP contribution in [0.5, 0.6) is 0 Å². The van der Waals surface area contributed by atoms with Crippen LogP contribution in [0.3, 0.4) is 0 Å². The molecule has 1 heterocycles. The standard InChI is InChI=1S/C11H19N3O4/c1-2-13(7-9(15)16)10(17)8-4-3-5-14(6-8)11(12)18/h8H,2-7H2,1H3,(H2,12,18)(H,15,16). The third kappa shape index (κ3) is 3.61. The number of hydrogen-bond acceptors (Lipinski definition) is 3. The normalized spacial score (nSPS) is 19.4. The van der Waals surface area contributed by atoms with Crippen LogP contribution in [0, 0.1) is 5.92 Å². The summed E-state index contributed by atoms with van der Waals surface area (Å²) in [6.07, 6.45) is 1.38. The number of carboxylic acid groups (broad SMARTS) is 1. The van der Waals surface area contributed by atoms with E-state index in [1.165, 1.54) is 9.80 Å². The van der Waals surface area contributed by atoms with Crippen molar-refractivity contribution >= 4 is 17.9 Å². The Labute approximate surface area is 106 Å². The summed E-state index contributed by atoms with van der Waals surface area (Å²) >= 11 is 0. The molecule has 0 aromatic carbocycles. The third-order valence-corrected chi connectivity index (χ3v) is 3.10. The number of carboxylic acids is 1. The monoisotopic (exact) mass is 257 g/mol. The fourth-order valence-electron chi connectivity index (χ4n) is 2.15. The zero-order valence-electron chi connectivity index (χ0n) is 10.5. The van der Waals surface area contributed by atoms with Crippen LogP contribution in [-0.4, -0.2) is 59.0 Å². The van der Waals surface area contributed by atoms with Gasteiger partial charge in [0.1, 0.15) is 6.54 Å². The van der Waals surface area contributed by atoms with Crippen molar-refractivity contribution in [2.24, 2.45) is 11.7 Å². The number of aliphatic carboxylic acids is 1. The van der Waals surface area contributed by atoms with Gasteiger partial charge in [-0.15, -0.1) is 0 Å². The molecular formula is C11H19N3O4. The number of rotatable bonds is 4. The summed E-state index contributed by atoms with van der Waals surface area (Å²) in [5, 5.41) is 8.72. The van der Waals surface area contributed by atoms with Crippen LogP contribution < -0.4 is 5.73 Å². The summed E-state index contributed by atoms with van der Waals surface area (Å²) in [5.74, 6) is -1.59. The first-order valence-electron chi connectivity index (χ1n) is 6.00. The molecule has 1 rings (SSSR count). The first-order chi connectivity index (χ1) is 8.45. The molecule has 18 heavy (non-hydrogen) atoms. The highest BCUT2D eigenvalue weighted by Gasteiger charge is 2.30. The van der Waals surface area contributed by atoms with Gasteiger partial charge in [0.25, 0.3) is 0 Å². The van der Waals surface area contributed by atoms with E-state index in [0.717, 1.165) is 0 Å². The number of likely N-dealkylation sites (tertiary alicyclic amines) is 1. The molecule has 1 fully saturated rings. The molecule has 1 aliphatic rings. The lowest BCUT2D eigenvalue weighted by Gasteiger charge is -2.33. The van der Waals surface area contributed by atoms with Crippen LogP contribution in [0.1, 0.15) is 19.8 Å². The summed E-state index contributed by atoms with van der Waals surface area (Å²) < 4.78 is 0. The third-order valence-electron chi connectivity index (χ3n) is 3.10. The zero-order chi connectivity index (χ0) is 13.7. The van der Waals surface area contributed by atoms with Crippen molar-refractivity contribution in [3.05, 3.63) is 0 Å². The number of carbonyl (C=O) groups excluding carboxylic acids is 2. The minimum atomic E-state index is -1.03. The molecule has 0 aliphatic carbocycles. The SMILES string of the molecule is CCN(CC(=O)O)C(=O)C1CCCN(C(N)=O)C1. The van der Waals surface area contributed by atoms with Crippen molar-refractivity contribution in [2.45, 2.75) is 19.8 Å². The molecular weight excluding hydrogens is 238 g/mol. The van der Waals surface area contributed by atoms with Crippen LogP contribution >= 0.6 is 0 Å². The van der Waals surface area contributed by atoms with E-state index in [2.05, 4.69) is 0 Å². The molecule has 1 atom stereocenters. The van der Waals surface area contributed by atoms with Crippen molar-refractivity contribution < 1.29 is 19.5 Å². The van der Waals surface area contributed by atoms with Gasteiger partial charge in [0.15, 0.2) is 0 Å². The Morgan fingerprint density at radius 2 is 2.11 bits per heavy atom. The second-order valence-corrected chi connectivity index (χ2v) is 4.37. The predicted molar refractivity (Wildman–Crippen MR) is 63.8 cm³/mol. The van der Waals surface area contributed by atoms with E-state index in [1.54, 1.807) is 6.92 Å². The highest BCUT2D eigenvalue weighted by Crippen LogP contribution is 2.18. The molecule has 1 saturated heterocycles. The van der Waals surface area contributed by atoms with Crippen molar-refractivity contribution in [3.8, 4) is 0 Å². The fraction of sp³-hybridized carbons (Fsp3) is 0.727. The Morgan fingerprint density at radius 1 is 1.44 bits per heavy atom. The van der Waals surface area contributed by atoms with Crippen molar-refractivity contribution in [1.29, 1.82) is 0 Å². The molecule has 0 saturated carbocycles. The molecule has 0 bridgehead atoms. The highest BCUT2D eigenvalue weighted by molar-refractivity contribution is 5.84. The van der Waals surface area contributed by atoms with E-state index < -0.39 is 12.0 Å². The van der Waals surface area contributed by atoms with Crippen LogP contribution in [0.15, 0.2) is 0 Å². The molecule has 102 valence electrons. The molecule has 7 heteroatoms. The molecule has 0 radical (unpaired) electrons. The maximum atomic E-state index is 12.1. The quantitative estimate of drug-likeness (QED) is 0.722. The minimum absolute atomic E-state index is 0.217. The number of amides is 3. The second kappa shape index (κ2) is 6.23. The van der Waals surface area contributed by atoms with Gasteiger partial charge in [-0.05, 0) is 19.8 Å². The average molecular weight is 257 g/mol. The average Bonchev–Trinajstić information content (AvgIpc) is 2.35.